The fourth-order valence-electron chi connectivity index (χ4n) is 1.67. The van der Waals surface area contributed by atoms with Crippen LogP contribution in [0.5, 0.6) is 0 Å². The summed E-state index contributed by atoms with van der Waals surface area (Å²) in [6.45, 7) is 4.09. The molecule has 1 rings (SSSR count). The summed E-state index contributed by atoms with van der Waals surface area (Å²) in [5.74, 6) is -1.10. The van der Waals surface area contributed by atoms with Crippen molar-refractivity contribution < 1.29 is 18.3 Å². The number of unbranched alkanes of at least 4 members (excludes halogenated alkanes) is 3. The Hall–Kier alpha value is -0.920. The zero-order valence-corrected chi connectivity index (χ0v) is 12.7. The third-order valence-corrected chi connectivity index (χ3v) is 5.45. The van der Waals surface area contributed by atoms with Crippen molar-refractivity contribution in [3.63, 3.8) is 0 Å². The lowest BCUT2D eigenvalue weighted by molar-refractivity contribution is 0.0702. The highest BCUT2D eigenvalue weighted by Gasteiger charge is 2.21. The van der Waals surface area contributed by atoms with Crippen molar-refractivity contribution in [2.24, 2.45) is 0 Å². The standard InChI is InChI=1S/C12H19NO4S2/c1-3-4-5-6-7-13-19(16,17)11-8-10(12(14)15)18-9(11)2/h8,13H,3-7H2,1-2H3,(H,14,15). The van der Waals surface area contributed by atoms with Crippen LogP contribution < -0.4 is 4.72 Å². The maximum absolute atomic E-state index is 12.0. The van der Waals surface area contributed by atoms with E-state index in [1.165, 1.54) is 6.07 Å². The molecule has 19 heavy (non-hydrogen) atoms. The van der Waals surface area contributed by atoms with Gasteiger partial charge in [0.2, 0.25) is 10.0 Å². The lowest BCUT2D eigenvalue weighted by atomic mass is 10.2. The Balaban J connectivity index is 2.69. The molecule has 1 heterocycles. The zero-order chi connectivity index (χ0) is 14.5. The van der Waals surface area contributed by atoms with Crippen LogP contribution in [0.1, 0.15) is 47.2 Å². The Bertz CT molecular complexity index is 534. The van der Waals surface area contributed by atoms with Crippen LogP contribution in [0.25, 0.3) is 0 Å². The minimum absolute atomic E-state index is 0.0452. The van der Waals surface area contributed by atoms with E-state index in [2.05, 4.69) is 11.6 Å². The molecule has 0 fully saturated rings. The van der Waals surface area contributed by atoms with E-state index in [0.29, 0.717) is 11.4 Å². The van der Waals surface area contributed by atoms with Crippen LogP contribution in [0, 0.1) is 6.92 Å². The Kier molecular flexibility index (Phi) is 5.96. The minimum Gasteiger partial charge on any atom is -0.477 e. The highest BCUT2D eigenvalue weighted by molar-refractivity contribution is 7.89. The minimum atomic E-state index is -3.59. The van der Waals surface area contributed by atoms with Gasteiger partial charge in [0.15, 0.2) is 0 Å². The summed E-state index contributed by atoms with van der Waals surface area (Å²) in [5, 5.41) is 8.86. The molecule has 2 N–H and O–H groups in total. The van der Waals surface area contributed by atoms with Crippen molar-refractivity contribution >= 4 is 27.3 Å². The fourth-order valence-corrected chi connectivity index (χ4v) is 4.18. The average Bonchev–Trinajstić information content (AvgIpc) is 2.72. The Labute approximate surface area is 117 Å². The number of hydrogen-bond donors (Lipinski definition) is 2. The number of carbonyl (C=O) groups is 1. The molecule has 0 aliphatic rings. The van der Waals surface area contributed by atoms with E-state index in [-0.39, 0.29) is 9.77 Å². The average molecular weight is 305 g/mol. The van der Waals surface area contributed by atoms with E-state index >= 15 is 0 Å². The van der Waals surface area contributed by atoms with Crippen LogP contribution in [-0.4, -0.2) is 26.0 Å². The lowest BCUT2D eigenvalue weighted by Gasteiger charge is -2.05. The SMILES string of the molecule is CCCCCCNS(=O)(=O)c1cc(C(=O)O)sc1C. The smallest absolute Gasteiger partial charge is 0.345 e. The molecular weight excluding hydrogens is 286 g/mol. The van der Waals surface area contributed by atoms with Crippen LogP contribution in [-0.2, 0) is 10.0 Å². The van der Waals surface area contributed by atoms with Crippen molar-refractivity contribution in [1.82, 2.24) is 4.72 Å². The van der Waals surface area contributed by atoms with Crippen LogP contribution in [0.2, 0.25) is 0 Å². The molecule has 1 aromatic heterocycles. The highest BCUT2D eigenvalue weighted by atomic mass is 32.2. The van der Waals surface area contributed by atoms with Gasteiger partial charge < -0.3 is 5.11 Å². The number of thiophene rings is 1. The van der Waals surface area contributed by atoms with E-state index < -0.39 is 16.0 Å². The number of nitrogens with one attached hydrogen (secondary N) is 1. The van der Waals surface area contributed by atoms with Gasteiger partial charge in [-0.15, -0.1) is 11.3 Å². The molecular formula is C12H19NO4S2. The maximum atomic E-state index is 12.0. The van der Waals surface area contributed by atoms with Crippen LogP contribution in [0.3, 0.4) is 0 Å². The Morgan fingerprint density at radius 3 is 2.58 bits per heavy atom. The molecule has 108 valence electrons. The summed E-state index contributed by atoms with van der Waals surface area (Å²) < 4.78 is 26.6. The normalized spacial score (nSPS) is 11.7. The van der Waals surface area contributed by atoms with Gasteiger partial charge in [0.05, 0.1) is 4.90 Å². The van der Waals surface area contributed by atoms with Gasteiger partial charge in [-0.1, -0.05) is 26.2 Å². The Morgan fingerprint density at radius 2 is 2.05 bits per heavy atom. The fraction of sp³-hybridized carbons (Fsp3) is 0.583. The van der Waals surface area contributed by atoms with E-state index in [1.54, 1.807) is 6.92 Å². The van der Waals surface area contributed by atoms with E-state index in [1.807, 2.05) is 0 Å². The Morgan fingerprint density at radius 1 is 1.37 bits per heavy atom. The first-order valence-electron chi connectivity index (χ1n) is 6.22. The molecule has 0 unspecified atom stereocenters. The summed E-state index contributed by atoms with van der Waals surface area (Å²) in [6.07, 6.45) is 3.96. The molecule has 0 bridgehead atoms. The second kappa shape index (κ2) is 7.02. The van der Waals surface area contributed by atoms with Gasteiger partial charge in [-0.3, -0.25) is 0 Å². The van der Waals surface area contributed by atoms with Crippen LogP contribution in [0.15, 0.2) is 11.0 Å². The predicted molar refractivity (Wildman–Crippen MR) is 75.3 cm³/mol. The number of aromatic carboxylic acids is 1. The third kappa shape index (κ3) is 4.59. The summed E-state index contributed by atoms with van der Waals surface area (Å²) in [4.78, 5) is 11.4. The molecule has 0 radical (unpaired) electrons. The van der Waals surface area contributed by atoms with Gasteiger partial charge in [0, 0.05) is 11.4 Å². The number of rotatable bonds is 8. The van der Waals surface area contributed by atoms with Crippen LogP contribution in [0.4, 0.5) is 0 Å². The van der Waals surface area contributed by atoms with Crippen molar-refractivity contribution in [2.75, 3.05) is 6.54 Å². The van der Waals surface area contributed by atoms with Crippen molar-refractivity contribution in [2.45, 2.75) is 44.4 Å². The molecule has 0 aliphatic carbocycles. The molecule has 0 aliphatic heterocycles. The number of sulfonamides is 1. The van der Waals surface area contributed by atoms with E-state index in [0.717, 1.165) is 37.0 Å². The first-order valence-corrected chi connectivity index (χ1v) is 8.52. The maximum Gasteiger partial charge on any atom is 0.345 e. The zero-order valence-electron chi connectivity index (χ0n) is 11.1. The molecule has 0 spiro atoms. The molecule has 0 saturated carbocycles. The molecule has 0 saturated heterocycles. The van der Waals surface area contributed by atoms with Gasteiger partial charge in [-0.05, 0) is 19.4 Å². The van der Waals surface area contributed by atoms with Gasteiger partial charge >= 0.3 is 5.97 Å². The third-order valence-electron chi connectivity index (χ3n) is 2.69. The number of carboxylic acid groups (broad SMARTS) is 1. The van der Waals surface area contributed by atoms with E-state index in [9.17, 15) is 13.2 Å². The number of carboxylic acids is 1. The van der Waals surface area contributed by atoms with Crippen LogP contribution >= 0.6 is 11.3 Å². The van der Waals surface area contributed by atoms with Gasteiger partial charge in [-0.2, -0.15) is 0 Å². The number of aryl methyl sites for hydroxylation is 1. The highest BCUT2D eigenvalue weighted by Crippen LogP contribution is 2.25. The molecule has 5 nitrogen and oxygen atoms in total. The second-order valence-corrected chi connectivity index (χ2v) is 7.29. The van der Waals surface area contributed by atoms with Crippen molar-refractivity contribution in [1.29, 1.82) is 0 Å². The molecule has 0 aromatic carbocycles. The van der Waals surface area contributed by atoms with Gasteiger partial charge in [-0.25, -0.2) is 17.9 Å². The molecule has 1 aromatic rings. The van der Waals surface area contributed by atoms with Crippen molar-refractivity contribution in [3.8, 4) is 0 Å². The largest absolute Gasteiger partial charge is 0.477 e. The lowest BCUT2D eigenvalue weighted by Crippen LogP contribution is -2.25. The van der Waals surface area contributed by atoms with Gasteiger partial charge in [0.25, 0.3) is 0 Å². The topological polar surface area (TPSA) is 83.5 Å². The number of hydrogen-bond acceptors (Lipinski definition) is 4. The first kappa shape index (κ1) is 16.1. The predicted octanol–water partition coefficient (Wildman–Crippen LogP) is 2.61. The molecule has 7 heteroatoms. The van der Waals surface area contributed by atoms with Crippen molar-refractivity contribution in [3.05, 3.63) is 15.8 Å². The quantitative estimate of drug-likeness (QED) is 0.723. The summed E-state index contributed by atoms with van der Waals surface area (Å²) in [7, 11) is -3.59. The molecule has 0 amide bonds. The summed E-state index contributed by atoms with van der Waals surface area (Å²) >= 11 is 0.978. The van der Waals surface area contributed by atoms with E-state index in [4.69, 9.17) is 5.11 Å². The van der Waals surface area contributed by atoms with Gasteiger partial charge in [0.1, 0.15) is 4.88 Å². The molecule has 0 atom stereocenters. The second-order valence-electron chi connectivity index (χ2n) is 4.29. The summed E-state index contributed by atoms with van der Waals surface area (Å²) in [5.41, 5.74) is 0. The monoisotopic (exact) mass is 305 g/mol. The first-order chi connectivity index (χ1) is 8.88. The summed E-state index contributed by atoms with van der Waals surface area (Å²) in [6, 6.07) is 1.22.